The standard InChI is InChI=1S/C8H14O2.C7H12O2.C4H8.C3H6/c1-3-5-7-10-8(9)6-4-2;1-3-5-6-9-7(8)4-2;1-3-4-2;1-3-2/h4,6H,3,5,7H2,1-2H3;4H,2-3,5-6H2,1H3;3-4H,1-2H3;3H,1H2,2H3/b6-4+;;4-3-;. The van der Waals surface area contributed by atoms with Gasteiger partial charge in [0.2, 0.25) is 0 Å². The molecule has 0 heterocycles. The number of hydrogen-bond acceptors (Lipinski definition) is 4. The molecule has 0 saturated heterocycles. The lowest BCUT2D eigenvalue weighted by Gasteiger charge is -1.97. The number of unbranched alkanes of at least 4 members (excludes halogenated alkanes) is 2. The Balaban J connectivity index is -0.000000138. The Kier molecular flexibility index (Phi) is 41.7. The Hall–Kier alpha value is -2.10. The van der Waals surface area contributed by atoms with Crippen LogP contribution >= 0.6 is 0 Å². The first-order chi connectivity index (χ1) is 12.4. The van der Waals surface area contributed by atoms with Crippen molar-refractivity contribution in [2.75, 3.05) is 13.2 Å². The van der Waals surface area contributed by atoms with Crippen molar-refractivity contribution in [3.8, 4) is 0 Å². The van der Waals surface area contributed by atoms with Crippen LogP contribution in [0.25, 0.3) is 0 Å². The molecule has 0 atom stereocenters. The van der Waals surface area contributed by atoms with Crippen molar-refractivity contribution in [3.63, 3.8) is 0 Å². The number of ether oxygens (including phenoxy) is 2. The summed E-state index contributed by atoms with van der Waals surface area (Å²) in [5, 5.41) is 0. The zero-order valence-electron chi connectivity index (χ0n) is 17.8. The Morgan fingerprint density at radius 1 is 0.769 bits per heavy atom. The van der Waals surface area contributed by atoms with Gasteiger partial charge in [-0.3, -0.25) is 0 Å². The molecule has 0 spiro atoms. The molecular formula is C22H40O4. The van der Waals surface area contributed by atoms with Gasteiger partial charge in [-0.15, -0.1) is 6.58 Å². The number of carbonyl (C=O) groups excluding carboxylic acids is 2. The predicted octanol–water partition coefficient (Wildman–Crippen LogP) is 6.20. The summed E-state index contributed by atoms with van der Waals surface area (Å²) in [6, 6.07) is 0. The first-order valence-corrected chi connectivity index (χ1v) is 9.18. The summed E-state index contributed by atoms with van der Waals surface area (Å²) >= 11 is 0. The molecule has 4 nitrogen and oxygen atoms in total. The third kappa shape index (κ3) is 49.5. The van der Waals surface area contributed by atoms with Crippen LogP contribution < -0.4 is 0 Å². The lowest BCUT2D eigenvalue weighted by atomic mass is 10.4. The van der Waals surface area contributed by atoms with Gasteiger partial charge < -0.3 is 9.47 Å². The molecule has 0 radical (unpaired) electrons. The van der Waals surface area contributed by atoms with Crippen LogP contribution in [-0.4, -0.2) is 25.2 Å². The number of hydrogen-bond donors (Lipinski definition) is 0. The lowest BCUT2D eigenvalue weighted by molar-refractivity contribution is -0.138. The smallest absolute Gasteiger partial charge is 0.330 e. The summed E-state index contributed by atoms with van der Waals surface area (Å²) in [5.74, 6) is -0.570. The largest absolute Gasteiger partial charge is 0.463 e. The van der Waals surface area contributed by atoms with E-state index in [9.17, 15) is 9.59 Å². The Labute approximate surface area is 161 Å². The van der Waals surface area contributed by atoms with Crippen molar-refractivity contribution in [1.29, 1.82) is 0 Å². The van der Waals surface area contributed by atoms with Gasteiger partial charge >= 0.3 is 11.9 Å². The minimum absolute atomic E-state index is 0.240. The van der Waals surface area contributed by atoms with Crippen LogP contribution in [-0.2, 0) is 19.1 Å². The summed E-state index contributed by atoms with van der Waals surface area (Å²) < 4.78 is 9.47. The highest BCUT2D eigenvalue weighted by molar-refractivity contribution is 5.81. The molecule has 0 rings (SSSR count). The van der Waals surface area contributed by atoms with Gasteiger partial charge in [-0.05, 0) is 40.5 Å². The van der Waals surface area contributed by atoms with Crippen LogP contribution in [0.5, 0.6) is 0 Å². The van der Waals surface area contributed by atoms with Crippen LogP contribution in [0.3, 0.4) is 0 Å². The van der Waals surface area contributed by atoms with Crippen molar-refractivity contribution < 1.29 is 19.1 Å². The van der Waals surface area contributed by atoms with Crippen molar-refractivity contribution >= 4 is 11.9 Å². The summed E-state index contributed by atoms with van der Waals surface area (Å²) in [5.41, 5.74) is 0. The summed E-state index contributed by atoms with van der Waals surface area (Å²) in [6.45, 7) is 19.5. The fourth-order valence-electron chi connectivity index (χ4n) is 0.877. The Bertz CT molecular complexity index is 364. The summed E-state index contributed by atoms with van der Waals surface area (Å²) in [6.07, 6.45) is 14.0. The van der Waals surface area contributed by atoms with E-state index in [1.54, 1.807) is 19.1 Å². The average molecular weight is 369 g/mol. The van der Waals surface area contributed by atoms with E-state index >= 15 is 0 Å². The van der Waals surface area contributed by atoms with Crippen molar-refractivity contribution in [3.05, 3.63) is 49.6 Å². The zero-order valence-corrected chi connectivity index (χ0v) is 17.8. The number of rotatable bonds is 8. The fraction of sp³-hybridized carbons (Fsp3) is 0.545. The van der Waals surface area contributed by atoms with Crippen LogP contribution in [0.2, 0.25) is 0 Å². The molecule has 0 aliphatic heterocycles. The van der Waals surface area contributed by atoms with Gasteiger partial charge in [0, 0.05) is 12.2 Å². The van der Waals surface area contributed by atoms with Crippen molar-refractivity contribution in [1.82, 2.24) is 0 Å². The highest BCUT2D eigenvalue weighted by Gasteiger charge is 1.92. The molecule has 0 fully saturated rings. The number of carbonyl (C=O) groups is 2. The molecule has 0 aliphatic carbocycles. The molecule has 0 N–H and O–H groups in total. The van der Waals surface area contributed by atoms with Crippen LogP contribution in [0, 0.1) is 0 Å². The highest BCUT2D eigenvalue weighted by Crippen LogP contribution is 1.89. The van der Waals surface area contributed by atoms with E-state index in [4.69, 9.17) is 4.74 Å². The maximum absolute atomic E-state index is 10.6. The number of allylic oxidation sites excluding steroid dienone is 4. The highest BCUT2D eigenvalue weighted by atomic mass is 16.5. The first-order valence-electron chi connectivity index (χ1n) is 9.18. The molecule has 0 unspecified atom stereocenters. The summed E-state index contributed by atoms with van der Waals surface area (Å²) in [7, 11) is 0. The van der Waals surface area contributed by atoms with E-state index in [-0.39, 0.29) is 11.9 Å². The van der Waals surface area contributed by atoms with E-state index in [1.165, 1.54) is 12.2 Å². The Morgan fingerprint density at radius 2 is 1.15 bits per heavy atom. The Morgan fingerprint density at radius 3 is 1.42 bits per heavy atom. The van der Waals surface area contributed by atoms with E-state index in [1.807, 2.05) is 39.8 Å². The van der Waals surface area contributed by atoms with Gasteiger partial charge in [0.05, 0.1) is 13.2 Å². The van der Waals surface area contributed by atoms with E-state index in [0.717, 1.165) is 25.7 Å². The first kappa shape index (κ1) is 31.6. The summed E-state index contributed by atoms with van der Waals surface area (Å²) in [4.78, 5) is 21.0. The van der Waals surface area contributed by atoms with E-state index in [2.05, 4.69) is 24.8 Å². The third-order valence-corrected chi connectivity index (χ3v) is 2.29. The van der Waals surface area contributed by atoms with Crippen LogP contribution in [0.15, 0.2) is 49.6 Å². The molecule has 0 bridgehead atoms. The maximum Gasteiger partial charge on any atom is 0.330 e. The normalized spacial score (nSPS) is 8.85. The fourth-order valence-corrected chi connectivity index (χ4v) is 0.877. The van der Waals surface area contributed by atoms with Gasteiger partial charge in [0.25, 0.3) is 0 Å². The predicted molar refractivity (Wildman–Crippen MR) is 113 cm³/mol. The quantitative estimate of drug-likeness (QED) is 0.222. The number of esters is 2. The molecule has 0 aromatic carbocycles. The topological polar surface area (TPSA) is 52.6 Å². The van der Waals surface area contributed by atoms with Crippen molar-refractivity contribution in [2.24, 2.45) is 0 Å². The van der Waals surface area contributed by atoms with Gasteiger partial charge in [-0.1, -0.05) is 57.6 Å². The molecule has 0 aromatic rings. The minimum atomic E-state index is -0.330. The van der Waals surface area contributed by atoms with Gasteiger partial charge in [-0.2, -0.15) is 0 Å². The second-order valence-electron chi connectivity index (χ2n) is 4.82. The van der Waals surface area contributed by atoms with Crippen LogP contribution in [0.4, 0.5) is 0 Å². The van der Waals surface area contributed by atoms with Gasteiger partial charge in [0.1, 0.15) is 0 Å². The van der Waals surface area contributed by atoms with Crippen LogP contribution in [0.1, 0.15) is 67.2 Å². The third-order valence-electron chi connectivity index (χ3n) is 2.29. The molecule has 152 valence electrons. The molecule has 0 amide bonds. The lowest BCUT2D eigenvalue weighted by Crippen LogP contribution is -2.01. The van der Waals surface area contributed by atoms with Gasteiger partial charge in [0.15, 0.2) is 0 Å². The van der Waals surface area contributed by atoms with E-state index < -0.39 is 0 Å². The SMILES string of the molecule is C/C=C/C(=O)OCCCC.C/C=C\C.C=CC.C=CC(=O)OCCCC. The molecule has 0 aliphatic rings. The maximum atomic E-state index is 10.6. The molecule has 0 aromatic heterocycles. The minimum Gasteiger partial charge on any atom is -0.463 e. The van der Waals surface area contributed by atoms with Crippen molar-refractivity contribution in [2.45, 2.75) is 67.2 Å². The molecular weight excluding hydrogens is 328 g/mol. The monoisotopic (exact) mass is 368 g/mol. The molecule has 0 saturated carbocycles. The second kappa shape index (κ2) is 34.3. The second-order valence-corrected chi connectivity index (χ2v) is 4.82. The zero-order chi connectivity index (χ0) is 21.1. The molecule has 26 heavy (non-hydrogen) atoms. The molecule has 4 heteroatoms. The van der Waals surface area contributed by atoms with Gasteiger partial charge in [-0.25, -0.2) is 9.59 Å². The van der Waals surface area contributed by atoms with E-state index in [0.29, 0.717) is 13.2 Å². The average Bonchev–Trinajstić information content (AvgIpc) is 2.63.